The van der Waals surface area contributed by atoms with Crippen LogP contribution in [0.3, 0.4) is 0 Å². The Morgan fingerprint density at radius 2 is 1.75 bits per heavy atom. The molecule has 1 N–H and O–H groups in total. The number of hydrogen-bond acceptors (Lipinski definition) is 1. The third-order valence-electron chi connectivity index (χ3n) is 2.25. The van der Waals surface area contributed by atoms with Crippen molar-refractivity contribution in [2.24, 2.45) is 0 Å². The number of aliphatic hydroxyl groups excluding tert-OH is 1. The van der Waals surface area contributed by atoms with Gasteiger partial charge in [-0.05, 0) is 25.7 Å². The Labute approximate surface area is 99.9 Å². The van der Waals surface area contributed by atoms with Crippen LogP contribution in [0, 0.1) is 0 Å². The summed E-state index contributed by atoms with van der Waals surface area (Å²) in [6, 6.07) is 0. The molecule has 0 spiro atoms. The minimum atomic E-state index is -0.107. The maximum Gasteiger partial charge on any atom is 0.0540 e. The molecule has 0 amide bonds. The van der Waals surface area contributed by atoms with E-state index in [1.807, 2.05) is 30.4 Å². The van der Waals surface area contributed by atoms with E-state index in [-0.39, 0.29) is 6.10 Å². The largest absolute Gasteiger partial charge is 0.393 e. The highest BCUT2D eigenvalue weighted by Crippen LogP contribution is 2.06. The van der Waals surface area contributed by atoms with E-state index in [0.717, 1.165) is 32.1 Å². The van der Waals surface area contributed by atoms with E-state index in [1.165, 1.54) is 0 Å². The monoisotopic (exact) mass is 220 g/mol. The summed E-state index contributed by atoms with van der Waals surface area (Å²) in [5.74, 6) is 0. The van der Waals surface area contributed by atoms with Crippen LogP contribution in [0.2, 0.25) is 0 Å². The lowest BCUT2D eigenvalue weighted by Crippen LogP contribution is -2.04. The summed E-state index contributed by atoms with van der Waals surface area (Å²) in [6.45, 7) is 5.69. The highest BCUT2D eigenvalue weighted by molar-refractivity contribution is 5.14. The van der Waals surface area contributed by atoms with Gasteiger partial charge in [0, 0.05) is 0 Å². The Morgan fingerprint density at radius 3 is 2.44 bits per heavy atom. The van der Waals surface area contributed by atoms with Crippen molar-refractivity contribution < 1.29 is 5.11 Å². The molecule has 1 unspecified atom stereocenters. The number of allylic oxidation sites excluding steroid dienone is 7. The van der Waals surface area contributed by atoms with Crippen molar-refractivity contribution in [3.63, 3.8) is 0 Å². The molecule has 0 aromatic carbocycles. The molecule has 0 aromatic rings. The van der Waals surface area contributed by atoms with Gasteiger partial charge in [-0.15, -0.1) is 0 Å². The summed E-state index contributed by atoms with van der Waals surface area (Å²) in [5, 5.41) is 9.49. The van der Waals surface area contributed by atoms with Crippen LogP contribution in [-0.4, -0.2) is 11.2 Å². The van der Waals surface area contributed by atoms with Crippen LogP contribution in [-0.2, 0) is 0 Å². The molecule has 0 aromatic heterocycles. The van der Waals surface area contributed by atoms with Crippen molar-refractivity contribution in [3.05, 3.63) is 49.1 Å². The second-order valence-electron chi connectivity index (χ2n) is 3.81. The zero-order chi connectivity index (χ0) is 12.1. The molecule has 0 fully saturated rings. The standard InChI is InChI=1S/C15H24O/c1-3-5-6-7-8-9-10-11-12-14-15(16)13-4-2/h3,5-10,15-16H,1,4,11-14H2,2H3. The average Bonchev–Trinajstić information content (AvgIpc) is 2.27. The lowest BCUT2D eigenvalue weighted by Gasteiger charge is -2.06. The van der Waals surface area contributed by atoms with Gasteiger partial charge in [-0.3, -0.25) is 0 Å². The lowest BCUT2D eigenvalue weighted by molar-refractivity contribution is 0.151. The predicted octanol–water partition coefficient (Wildman–Crippen LogP) is 4.17. The first-order chi connectivity index (χ1) is 7.81. The number of rotatable bonds is 9. The molecule has 1 atom stereocenters. The van der Waals surface area contributed by atoms with Crippen LogP contribution in [0.1, 0.15) is 39.0 Å². The molecular formula is C15H24O. The molecule has 0 radical (unpaired) electrons. The van der Waals surface area contributed by atoms with Gasteiger partial charge < -0.3 is 5.11 Å². The maximum absolute atomic E-state index is 9.49. The number of unbranched alkanes of at least 4 members (excludes halogenated alkanes) is 1. The zero-order valence-corrected chi connectivity index (χ0v) is 10.3. The van der Waals surface area contributed by atoms with Crippen LogP contribution >= 0.6 is 0 Å². The van der Waals surface area contributed by atoms with E-state index in [0.29, 0.717) is 0 Å². The number of aliphatic hydroxyl groups is 1. The molecule has 1 nitrogen and oxygen atoms in total. The molecular weight excluding hydrogens is 196 g/mol. The first kappa shape index (κ1) is 14.9. The van der Waals surface area contributed by atoms with Gasteiger partial charge in [0.2, 0.25) is 0 Å². The van der Waals surface area contributed by atoms with Gasteiger partial charge >= 0.3 is 0 Å². The minimum absolute atomic E-state index is 0.107. The molecule has 0 heterocycles. The van der Waals surface area contributed by atoms with Crippen LogP contribution in [0.4, 0.5) is 0 Å². The highest BCUT2D eigenvalue weighted by Gasteiger charge is 1.99. The molecule has 0 aliphatic heterocycles. The van der Waals surface area contributed by atoms with E-state index in [9.17, 15) is 5.11 Å². The fraction of sp³-hybridized carbons (Fsp3) is 0.467. The van der Waals surface area contributed by atoms with Gasteiger partial charge in [0.25, 0.3) is 0 Å². The SMILES string of the molecule is C=CC=CC=CC=CCCCC(O)CCC. The van der Waals surface area contributed by atoms with Gasteiger partial charge in [0.1, 0.15) is 0 Å². The van der Waals surface area contributed by atoms with Gasteiger partial charge in [0.05, 0.1) is 6.10 Å². The second kappa shape index (κ2) is 12.0. The van der Waals surface area contributed by atoms with Crippen molar-refractivity contribution in [1.82, 2.24) is 0 Å². The second-order valence-corrected chi connectivity index (χ2v) is 3.81. The lowest BCUT2D eigenvalue weighted by atomic mass is 10.1. The Hall–Kier alpha value is -1.08. The summed E-state index contributed by atoms with van der Waals surface area (Å²) >= 11 is 0. The van der Waals surface area contributed by atoms with Crippen molar-refractivity contribution in [2.75, 3.05) is 0 Å². The fourth-order valence-corrected chi connectivity index (χ4v) is 1.39. The van der Waals surface area contributed by atoms with Crippen molar-refractivity contribution >= 4 is 0 Å². The fourth-order valence-electron chi connectivity index (χ4n) is 1.39. The average molecular weight is 220 g/mol. The van der Waals surface area contributed by atoms with Gasteiger partial charge in [0.15, 0.2) is 0 Å². The number of hydrogen-bond donors (Lipinski definition) is 1. The summed E-state index contributed by atoms with van der Waals surface area (Å²) in [5.41, 5.74) is 0. The highest BCUT2D eigenvalue weighted by atomic mass is 16.3. The van der Waals surface area contributed by atoms with Crippen LogP contribution in [0.15, 0.2) is 49.1 Å². The van der Waals surface area contributed by atoms with Crippen LogP contribution in [0.25, 0.3) is 0 Å². The van der Waals surface area contributed by atoms with Crippen molar-refractivity contribution in [2.45, 2.75) is 45.1 Å². The quantitative estimate of drug-likeness (QED) is 0.456. The first-order valence-corrected chi connectivity index (χ1v) is 6.10. The molecule has 16 heavy (non-hydrogen) atoms. The smallest absolute Gasteiger partial charge is 0.0540 e. The Bertz CT molecular complexity index is 236. The van der Waals surface area contributed by atoms with Crippen LogP contribution < -0.4 is 0 Å². The predicted molar refractivity (Wildman–Crippen MR) is 72.4 cm³/mol. The van der Waals surface area contributed by atoms with E-state index in [1.54, 1.807) is 6.08 Å². The van der Waals surface area contributed by atoms with Gasteiger partial charge in [-0.1, -0.05) is 62.5 Å². The van der Waals surface area contributed by atoms with Gasteiger partial charge in [-0.25, -0.2) is 0 Å². The van der Waals surface area contributed by atoms with E-state index in [4.69, 9.17) is 0 Å². The molecule has 0 rings (SSSR count). The molecule has 90 valence electrons. The molecule has 1 heteroatoms. The van der Waals surface area contributed by atoms with Crippen LogP contribution in [0.5, 0.6) is 0 Å². The summed E-state index contributed by atoms with van der Waals surface area (Å²) < 4.78 is 0. The topological polar surface area (TPSA) is 20.2 Å². The van der Waals surface area contributed by atoms with E-state index >= 15 is 0 Å². The minimum Gasteiger partial charge on any atom is -0.393 e. The zero-order valence-electron chi connectivity index (χ0n) is 10.3. The molecule has 0 aliphatic rings. The third-order valence-corrected chi connectivity index (χ3v) is 2.25. The van der Waals surface area contributed by atoms with E-state index < -0.39 is 0 Å². The summed E-state index contributed by atoms with van der Waals surface area (Å²) in [6.07, 6.45) is 18.7. The maximum atomic E-state index is 9.49. The third kappa shape index (κ3) is 11.0. The van der Waals surface area contributed by atoms with Crippen molar-refractivity contribution in [3.8, 4) is 0 Å². The Balaban J connectivity index is 3.43. The first-order valence-electron chi connectivity index (χ1n) is 6.10. The van der Waals surface area contributed by atoms with E-state index in [2.05, 4.69) is 19.6 Å². The van der Waals surface area contributed by atoms with Crippen molar-refractivity contribution in [1.29, 1.82) is 0 Å². The molecule has 0 saturated carbocycles. The molecule has 0 aliphatic carbocycles. The summed E-state index contributed by atoms with van der Waals surface area (Å²) in [7, 11) is 0. The molecule has 0 saturated heterocycles. The molecule has 0 bridgehead atoms. The Kier molecular flexibility index (Phi) is 11.2. The van der Waals surface area contributed by atoms with Gasteiger partial charge in [-0.2, -0.15) is 0 Å². The summed E-state index contributed by atoms with van der Waals surface area (Å²) in [4.78, 5) is 0. The normalized spacial score (nSPS) is 14.1. The Morgan fingerprint density at radius 1 is 1.06 bits per heavy atom.